The first-order valence-corrected chi connectivity index (χ1v) is 7.09. The summed E-state index contributed by atoms with van der Waals surface area (Å²) in [7, 11) is 0. The minimum absolute atomic E-state index is 0.627. The molecule has 0 aromatic carbocycles. The van der Waals surface area contributed by atoms with E-state index in [1.165, 1.54) is 45.4 Å². The Bertz CT molecular complexity index is 172. The van der Waals surface area contributed by atoms with E-state index in [1.807, 2.05) is 0 Å². The molecule has 0 aromatic rings. The van der Waals surface area contributed by atoms with E-state index >= 15 is 0 Å². The van der Waals surface area contributed by atoms with Gasteiger partial charge in [-0.25, -0.2) is 0 Å². The van der Waals surface area contributed by atoms with Gasteiger partial charge in [0, 0.05) is 6.04 Å². The lowest BCUT2D eigenvalue weighted by molar-refractivity contribution is 0.150. The fourth-order valence-electron chi connectivity index (χ4n) is 2.65. The number of piperidine rings is 1. The second-order valence-electron chi connectivity index (χ2n) is 5.72. The lowest BCUT2D eigenvalue weighted by atomic mass is 9.85. The van der Waals surface area contributed by atoms with Gasteiger partial charge >= 0.3 is 0 Å². The molecule has 1 rings (SSSR count). The van der Waals surface area contributed by atoms with E-state index in [0.717, 1.165) is 11.8 Å². The molecule has 1 atom stereocenters. The molecular weight excluding hydrogens is 196 g/mol. The third kappa shape index (κ3) is 4.84. The third-order valence-electron chi connectivity index (χ3n) is 3.82. The summed E-state index contributed by atoms with van der Waals surface area (Å²) in [4.78, 5) is 2.62. The van der Waals surface area contributed by atoms with Crippen LogP contribution in [0.2, 0.25) is 0 Å². The Labute approximate surface area is 102 Å². The topological polar surface area (TPSA) is 15.3 Å². The second kappa shape index (κ2) is 7.29. The SMILES string of the molecule is CCCN1CCC([C@H](C)CNC(C)C)CC1. The van der Waals surface area contributed by atoms with Crippen molar-refractivity contribution in [2.24, 2.45) is 11.8 Å². The number of hydrogen-bond donors (Lipinski definition) is 1. The van der Waals surface area contributed by atoms with Gasteiger partial charge in [0.05, 0.1) is 0 Å². The van der Waals surface area contributed by atoms with Gasteiger partial charge in [-0.15, -0.1) is 0 Å². The van der Waals surface area contributed by atoms with E-state index < -0.39 is 0 Å². The standard InChI is InChI=1S/C14H30N2/c1-5-8-16-9-6-14(7-10-16)13(4)11-15-12(2)3/h12-15H,5-11H2,1-4H3/t13-/m1/s1. The molecule has 96 valence electrons. The fraction of sp³-hybridized carbons (Fsp3) is 1.00. The van der Waals surface area contributed by atoms with Crippen LogP contribution >= 0.6 is 0 Å². The summed E-state index contributed by atoms with van der Waals surface area (Å²) < 4.78 is 0. The quantitative estimate of drug-likeness (QED) is 0.749. The summed E-state index contributed by atoms with van der Waals surface area (Å²) in [6.07, 6.45) is 4.11. The average molecular weight is 226 g/mol. The number of nitrogens with zero attached hydrogens (tertiary/aromatic N) is 1. The first kappa shape index (κ1) is 14.0. The lowest BCUT2D eigenvalue weighted by Crippen LogP contribution is -2.39. The smallest absolute Gasteiger partial charge is 0.00104 e. The summed E-state index contributed by atoms with van der Waals surface area (Å²) in [5, 5.41) is 3.57. The van der Waals surface area contributed by atoms with Gasteiger partial charge in [0.1, 0.15) is 0 Å². The van der Waals surface area contributed by atoms with Crippen LogP contribution in [0.3, 0.4) is 0 Å². The second-order valence-corrected chi connectivity index (χ2v) is 5.72. The highest BCUT2D eigenvalue weighted by Crippen LogP contribution is 2.24. The Kier molecular flexibility index (Phi) is 6.37. The highest BCUT2D eigenvalue weighted by Gasteiger charge is 2.23. The van der Waals surface area contributed by atoms with Crippen LogP contribution in [0.1, 0.15) is 47.0 Å². The largest absolute Gasteiger partial charge is 0.314 e. The highest BCUT2D eigenvalue weighted by atomic mass is 15.1. The van der Waals surface area contributed by atoms with Crippen molar-refractivity contribution in [2.75, 3.05) is 26.2 Å². The molecule has 1 N–H and O–H groups in total. The zero-order chi connectivity index (χ0) is 12.0. The summed E-state index contributed by atoms with van der Waals surface area (Å²) in [5.74, 6) is 1.78. The van der Waals surface area contributed by atoms with Gasteiger partial charge in [-0.05, 0) is 57.3 Å². The molecule has 0 spiro atoms. The van der Waals surface area contributed by atoms with Crippen molar-refractivity contribution in [2.45, 2.75) is 53.0 Å². The predicted octanol–water partition coefficient (Wildman–Crippen LogP) is 2.74. The zero-order valence-electron chi connectivity index (χ0n) is 11.6. The summed E-state index contributed by atoms with van der Waals surface area (Å²) >= 11 is 0. The van der Waals surface area contributed by atoms with Gasteiger partial charge in [-0.3, -0.25) is 0 Å². The lowest BCUT2D eigenvalue weighted by Gasteiger charge is -2.35. The Morgan fingerprint density at radius 3 is 2.31 bits per heavy atom. The number of nitrogens with one attached hydrogen (secondary N) is 1. The summed E-state index contributed by atoms with van der Waals surface area (Å²) in [5.41, 5.74) is 0. The first-order valence-electron chi connectivity index (χ1n) is 7.09. The molecule has 0 bridgehead atoms. The maximum atomic E-state index is 3.57. The Hall–Kier alpha value is -0.0800. The third-order valence-corrected chi connectivity index (χ3v) is 3.82. The molecule has 1 saturated heterocycles. The van der Waals surface area contributed by atoms with E-state index in [0.29, 0.717) is 6.04 Å². The minimum atomic E-state index is 0.627. The maximum absolute atomic E-state index is 3.57. The Balaban J connectivity index is 2.19. The van der Waals surface area contributed by atoms with Gasteiger partial charge in [0.25, 0.3) is 0 Å². The normalized spacial score (nSPS) is 21.6. The fourth-order valence-corrected chi connectivity index (χ4v) is 2.65. The van der Waals surface area contributed by atoms with Gasteiger partial charge in [-0.2, -0.15) is 0 Å². The van der Waals surface area contributed by atoms with Crippen molar-refractivity contribution in [1.29, 1.82) is 0 Å². The van der Waals surface area contributed by atoms with Crippen molar-refractivity contribution in [3.63, 3.8) is 0 Å². The van der Waals surface area contributed by atoms with E-state index in [9.17, 15) is 0 Å². The number of hydrogen-bond acceptors (Lipinski definition) is 2. The molecule has 1 aliphatic heterocycles. The van der Waals surface area contributed by atoms with E-state index in [1.54, 1.807) is 0 Å². The van der Waals surface area contributed by atoms with E-state index in [-0.39, 0.29) is 0 Å². The molecule has 2 heteroatoms. The van der Waals surface area contributed by atoms with Crippen LogP contribution in [0.15, 0.2) is 0 Å². The van der Waals surface area contributed by atoms with Crippen LogP contribution in [0, 0.1) is 11.8 Å². The maximum Gasteiger partial charge on any atom is 0.00104 e. The van der Waals surface area contributed by atoms with E-state index in [4.69, 9.17) is 0 Å². The van der Waals surface area contributed by atoms with Crippen molar-refractivity contribution in [1.82, 2.24) is 10.2 Å². The zero-order valence-corrected chi connectivity index (χ0v) is 11.6. The molecule has 2 nitrogen and oxygen atoms in total. The van der Waals surface area contributed by atoms with Gasteiger partial charge in [0.2, 0.25) is 0 Å². The molecule has 1 aliphatic rings. The first-order chi connectivity index (χ1) is 7.63. The molecule has 16 heavy (non-hydrogen) atoms. The van der Waals surface area contributed by atoms with Crippen LogP contribution < -0.4 is 5.32 Å². The van der Waals surface area contributed by atoms with Crippen LogP contribution in [-0.4, -0.2) is 37.1 Å². The van der Waals surface area contributed by atoms with Crippen LogP contribution in [0.4, 0.5) is 0 Å². The average Bonchev–Trinajstić information content (AvgIpc) is 2.27. The van der Waals surface area contributed by atoms with Crippen molar-refractivity contribution in [3.05, 3.63) is 0 Å². The van der Waals surface area contributed by atoms with Crippen LogP contribution in [0.5, 0.6) is 0 Å². The molecule has 0 aliphatic carbocycles. The monoisotopic (exact) mass is 226 g/mol. The Morgan fingerprint density at radius 2 is 1.81 bits per heavy atom. The molecule has 0 aromatic heterocycles. The molecule has 0 amide bonds. The molecule has 0 saturated carbocycles. The molecule has 1 heterocycles. The molecule has 0 unspecified atom stereocenters. The molecule has 1 fully saturated rings. The highest BCUT2D eigenvalue weighted by molar-refractivity contribution is 4.77. The van der Waals surface area contributed by atoms with Gasteiger partial charge < -0.3 is 10.2 Å². The van der Waals surface area contributed by atoms with E-state index in [2.05, 4.69) is 37.9 Å². The summed E-state index contributed by atoms with van der Waals surface area (Å²) in [6, 6.07) is 0.627. The van der Waals surface area contributed by atoms with Gasteiger partial charge in [-0.1, -0.05) is 27.7 Å². The van der Waals surface area contributed by atoms with Gasteiger partial charge in [0.15, 0.2) is 0 Å². The van der Waals surface area contributed by atoms with Crippen molar-refractivity contribution < 1.29 is 0 Å². The van der Waals surface area contributed by atoms with Crippen LogP contribution in [-0.2, 0) is 0 Å². The number of likely N-dealkylation sites (tertiary alicyclic amines) is 1. The van der Waals surface area contributed by atoms with Crippen LogP contribution in [0.25, 0.3) is 0 Å². The Morgan fingerprint density at radius 1 is 1.19 bits per heavy atom. The molecule has 0 radical (unpaired) electrons. The predicted molar refractivity (Wildman–Crippen MR) is 71.8 cm³/mol. The number of rotatable bonds is 6. The van der Waals surface area contributed by atoms with Crippen molar-refractivity contribution >= 4 is 0 Å². The summed E-state index contributed by atoms with van der Waals surface area (Å²) in [6.45, 7) is 14.3. The molecular formula is C14H30N2. The van der Waals surface area contributed by atoms with Crippen molar-refractivity contribution in [3.8, 4) is 0 Å². The minimum Gasteiger partial charge on any atom is -0.314 e.